The van der Waals surface area contributed by atoms with Gasteiger partial charge in [-0.15, -0.1) is 0 Å². The normalized spacial score (nSPS) is 16.3. The van der Waals surface area contributed by atoms with E-state index in [1.807, 2.05) is 12.1 Å². The molecule has 0 unspecified atom stereocenters. The lowest BCUT2D eigenvalue weighted by atomic mass is 10.2. The zero-order valence-electron chi connectivity index (χ0n) is 15.4. The van der Waals surface area contributed by atoms with Gasteiger partial charge < -0.3 is 14.8 Å². The number of aryl methyl sites for hydroxylation is 1. The van der Waals surface area contributed by atoms with Gasteiger partial charge in [-0.3, -0.25) is 0 Å². The van der Waals surface area contributed by atoms with E-state index in [0.29, 0.717) is 28.9 Å². The summed E-state index contributed by atoms with van der Waals surface area (Å²) >= 11 is 0. The Morgan fingerprint density at radius 3 is 2.75 bits per heavy atom. The highest BCUT2D eigenvalue weighted by Gasteiger charge is 2.22. The van der Waals surface area contributed by atoms with Crippen molar-refractivity contribution in [2.24, 2.45) is 0 Å². The van der Waals surface area contributed by atoms with Gasteiger partial charge in [0.05, 0.1) is 17.1 Å². The zero-order chi connectivity index (χ0) is 19.5. The topological polar surface area (TPSA) is 73.3 Å². The molecule has 0 amide bonds. The van der Waals surface area contributed by atoms with Gasteiger partial charge in [0.25, 0.3) is 0 Å². The molecular weight excluding hydrogens is 361 g/mol. The summed E-state index contributed by atoms with van der Waals surface area (Å²) in [6, 6.07) is 12.0. The number of para-hydroxylation sites is 2. The number of hydrogen-bond donors (Lipinski definition) is 1. The molecule has 1 aliphatic heterocycles. The van der Waals surface area contributed by atoms with Crippen molar-refractivity contribution in [1.29, 1.82) is 0 Å². The number of nitrogens with one attached hydrogen (secondary N) is 1. The maximum Gasteiger partial charge on any atom is 0.360 e. The molecule has 0 bridgehead atoms. The summed E-state index contributed by atoms with van der Waals surface area (Å²) in [4.78, 5) is 21.6. The molecule has 1 fully saturated rings. The molecule has 7 heteroatoms. The minimum Gasteiger partial charge on any atom is -0.458 e. The van der Waals surface area contributed by atoms with E-state index in [4.69, 9.17) is 9.47 Å². The number of benzene rings is 2. The molecule has 4 rings (SSSR count). The van der Waals surface area contributed by atoms with Crippen LogP contribution in [0.3, 0.4) is 0 Å². The number of halogens is 1. The Morgan fingerprint density at radius 1 is 1.25 bits per heavy atom. The summed E-state index contributed by atoms with van der Waals surface area (Å²) in [5.74, 6) is -0.718. The molecule has 0 saturated carbocycles. The molecule has 1 aliphatic rings. The summed E-state index contributed by atoms with van der Waals surface area (Å²) in [6.45, 7) is 2.54. The van der Waals surface area contributed by atoms with Crippen molar-refractivity contribution in [2.75, 3.05) is 18.5 Å². The summed E-state index contributed by atoms with van der Waals surface area (Å²) in [5.41, 5.74) is 2.25. The number of hydrogen-bond acceptors (Lipinski definition) is 6. The Hall–Kier alpha value is -3.06. The van der Waals surface area contributed by atoms with Crippen LogP contribution >= 0.6 is 0 Å². The minimum absolute atomic E-state index is 0.0534. The van der Waals surface area contributed by atoms with E-state index in [-0.39, 0.29) is 30.0 Å². The van der Waals surface area contributed by atoms with Crippen LogP contribution in [0.4, 0.5) is 15.9 Å². The van der Waals surface area contributed by atoms with Gasteiger partial charge in [-0.2, -0.15) is 0 Å². The fraction of sp³-hybridized carbons (Fsp3) is 0.286. The van der Waals surface area contributed by atoms with Crippen molar-refractivity contribution in [3.05, 3.63) is 59.5 Å². The lowest BCUT2D eigenvalue weighted by molar-refractivity contribution is 0.0157. The van der Waals surface area contributed by atoms with Crippen molar-refractivity contribution in [3.63, 3.8) is 0 Å². The lowest BCUT2D eigenvalue weighted by Gasteiger charge is -2.13. The summed E-state index contributed by atoms with van der Waals surface area (Å²) in [7, 11) is 0. The van der Waals surface area contributed by atoms with E-state index < -0.39 is 5.97 Å². The fourth-order valence-corrected chi connectivity index (χ4v) is 3.05. The average molecular weight is 381 g/mol. The van der Waals surface area contributed by atoms with Crippen LogP contribution in [0.15, 0.2) is 42.5 Å². The number of esters is 1. The summed E-state index contributed by atoms with van der Waals surface area (Å²) in [5, 5.41) is 3.00. The molecule has 1 N–H and O–H groups in total. The van der Waals surface area contributed by atoms with Gasteiger partial charge in [0.2, 0.25) is 0 Å². The molecule has 28 heavy (non-hydrogen) atoms. The highest BCUT2D eigenvalue weighted by atomic mass is 19.1. The number of fused-ring (bicyclic) bond motifs is 1. The molecule has 144 valence electrons. The smallest absolute Gasteiger partial charge is 0.360 e. The monoisotopic (exact) mass is 381 g/mol. The van der Waals surface area contributed by atoms with Crippen LogP contribution in [0.1, 0.15) is 28.9 Å². The second-order valence-corrected chi connectivity index (χ2v) is 6.73. The third-order valence-electron chi connectivity index (χ3n) is 4.62. The van der Waals surface area contributed by atoms with Gasteiger partial charge in [-0.1, -0.05) is 18.2 Å². The second kappa shape index (κ2) is 7.90. The average Bonchev–Trinajstić information content (AvgIpc) is 3.22. The van der Waals surface area contributed by atoms with Crippen LogP contribution in [0.2, 0.25) is 0 Å². The number of carbonyl (C=O) groups is 1. The van der Waals surface area contributed by atoms with Gasteiger partial charge in [0.15, 0.2) is 11.5 Å². The van der Waals surface area contributed by atoms with E-state index in [1.54, 1.807) is 31.2 Å². The zero-order valence-corrected chi connectivity index (χ0v) is 15.4. The number of anilines is 2. The summed E-state index contributed by atoms with van der Waals surface area (Å²) in [6.07, 6.45) is 1.74. The van der Waals surface area contributed by atoms with Crippen LogP contribution < -0.4 is 5.32 Å². The predicted octanol–water partition coefficient (Wildman–Crippen LogP) is 4.16. The number of rotatable bonds is 5. The Morgan fingerprint density at radius 2 is 2.04 bits per heavy atom. The van der Waals surface area contributed by atoms with Crippen LogP contribution in [-0.2, 0) is 9.47 Å². The maximum atomic E-state index is 13.9. The molecule has 6 nitrogen and oxygen atoms in total. The summed E-state index contributed by atoms with van der Waals surface area (Å²) < 4.78 is 24.8. The number of carbonyl (C=O) groups excluding carboxylic acids is 1. The highest BCUT2D eigenvalue weighted by Crippen LogP contribution is 2.23. The molecule has 2 aromatic carbocycles. The molecule has 1 aromatic heterocycles. The Bertz CT molecular complexity index is 1020. The van der Waals surface area contributed by atoms with E-state index in [1.165, 1.54) is 6.07 Å². The van der Waals surface area contributed by atoms with Crippen LogP contribution in [0.5, 0.6) is 0 Å². The van der Waals surface area contributed by atoms with Gasteiger partial charge in [0.1, 0.15) is 12.4 Å². The largest absolute Gasteiger partial charge is 0.458 e. The maximum absolute atomic E-state index is 13.9. The Labute approximate surface area is 161 Å². The molecular formula is C21H20FN3O3. The van der Waals surface area contributed by atoms with E-state index in [2.05, 4.69) is 15.3 Å². The Kier molecular flexibility index (Phi) is 5.16. The molecule has 1 saturated heterocycles. The molecule has 0 radical (unpaired) electrons. The standard InChI is InChI=1S/C21H20FN3O3/c1-13-8-9-14(11-16(13)22)23-20-19(21(26)28-12-15-5-4-10-27-15)24-17-6-2-3-7-18(17)25-20/h2-3,6-9,11,15H,4-5,10,12H2,1H3,(H,23,25)/t15-/m1/s1. The van der Waals surface area contributed by atoms with Gasteiger partial charge >= 0.3 is 5.97 Å². The predicted molar refractivity (Wildman–Crippen MR) is 103 cm³/mol. The van der Waals surface area contributed by atoms with Crippen LogP contribution in [0.25, 0.3) is 11.0 Å². The Balaban J connectivity index is 1.65. The van der Waals surface area contributed by atoms with Crippen molar-refractivity contribution < 1.29 is 18.7 Å². The SMILES string of the molecule is Cc1ccc(Nc2nc3ccccc3nc2C(=O)OC[C@H]2CCCO2)cc1F. The third-order valence-corrected chi connectivity index (χ3v) is 4.62. The first kappa shape index (κ1) is 18.3. The number of ether oxygens (including phenoxy) is 2. The number of aromatic nitrogens is 2. The van der Waals surface area contributed by atoms with Crippen molar-refractivity contribution >= 4 is 28.5 Å². The van der Waals surface area contributed by atoms with Gasteiger partial charge in [-0.05, 0) is 49.6 Å². The van der Waals surface area contributed by atoms with Crippen molar-refractivity contribution in [1.82, 2.24) is 9.97 Å². The quantitative estimate of drug-likeness (QED) is 0.669. The van der Waals surface area contributed by atoms with E-state index in [0.717, 1.165) is 12.8 Å². The van der Waals surface area contributed by atoms with Gasteiger partial charge in [0, 0.05) is 12.3 Å². The lowest BCUT2D eigenvalue weighted by Crippen LogP contribution is -2.19. The highest BCUT2D eigenvalue weighted by molar-refractivity contribution is 5.96. The van der Waals surface area contributed by atoms with E-state index >= 15 is 0 Å². The first-order valence-electron chi connectivity index (χ1n) is 9.19. The molecule has 2 heterocycles. The van der Waals surface area contributed by atoms with Crippen LogP contribution in [-0.4, -0.2) is 35.3 Å². The first-order chi connectivity index (χ1) is 13.6. The van der Waals surface area contributed by atoms with Crippen LogP contribution in [0, 0.1) is 12.7 Å². The fourth-order valence-electron chi connectivity index (χ4n) is 3.05. The molecule has 3 aromatic rings. The molecule has 0 spiro atoms. The first-order valence-corrected chi connectivity index (χ1v) is 9.19. The number of nitrogens with zero attached hydrogens (tertiary/aromatic N) is 2. The minimum atomic E-state index is -0.594. The third kappa shape index (κ3) is 3.94. The van der Waals surface area contributed by atoms with Gasteiger partial charge in [-0.25, -0.2) is 19.2 Å². The second-order valence-electron chi connectivity index (χ2n) is 6.73. The molecule has 1 atom stereocenters. The molecule has 0 aliphatic carbocycles. The van der Waals surface area contributed by atoms with Crippen molar-refractivity contribution in [2.45, 2.75) is 25.9 Å². The van der Waals surface area contributed by atoms with Crippen molar-refractivity contribution in [3.8, 4) is 0 Å². The van der Waals surface area contributed by atoms with E-state index in [9.17, 15) is 9.18 Å².